The van der Waals surface area contributed by atoms with Crippen LogP contribution in [-0.4, -0.2) is 218 Å². The number of amides is 2. The van der Waals surface area contributed by atoms with Crippen LogP contribution in [0, 0.1) is 47.3 Å². The SMILES string of the molecule is C=C(N)c1cnc(CC2CCC(OC)CC2)nc1NC1CCC(CO)CC1.C=C(N)c1cnc(CC2CCC(OC)CC2)nc1NC1CCC(N)CC1.C=C(N)c1cnc(C[C@@H](C)C2CCCCC2)nc1NC1CCC(CO)CC1.C=C(N)c1cnc(NC2CCC(OC)CC2)nc1CC1CCC2(CC1)OCCO2.COC1CCC(Nc2ncc(C(N)=O)c(NC3CCC(C(=O)N(C)C)CC3)n2)CC1. The van der Waals surface area contributed by atoms with Gasteiger partial charge in [-0.2, -0.15) is 4.98 Å². The van der Waals surface area contributed by atoms with Gasteiger partial charge in [0.2, 0.25) is 17.8 Å². The number of aliphatic hydroxyl groups is 2. The molecule has 1 spiro atoms. The van der Waals surface area contributed by atoms with Gasteiger partial charge in [-0.25, -0.2) is 44.9 Å². The van der Waals surface area contributed by atoms with Gasteiger partial charge in [0.05, 0.1) is 65.6 Å². The number of aliphatic hydroxyl groups excluding tert-OH is 2. The maximum Gasteiger partial charge on any atom is 0.254 e. The van der Waals surface area contributed by atoms with E-state index in [0.717, 1.165) is 313 Å². The molecule has 0 unspecified atom stereocenters. The minimum absolute atomic E-state index is 0.0681. The largest absolute Gasteiger partial charge is 0.399 e. The van der Waals surface area contributed by atoms with Crippen LogP contribution >= 0.6 is 0 Å². The quantitative estimate of drug-likeness (QED) is 0.0185. The maximum absolute atomic E-state index is 12.2. The average Bonchev–Trinajstić information content (AvgIpc) is 1.71. The normalized spacial score (nSPS) is 27.4. The minimum atomic E-state index is -0.555. The van der Waals surface area contributed by atoms with Crippen LogP contribution in [0.2, 0.25) is 0 Å². The van der Waals surface area contributed by atoms with Gasteiger partial charge in [-0.1, -0.05) is 65.3 Å². The first-order valence-corrected chi connectivity index (χ1v) is 52.7. The van der Waals surface area contributed by atoms with E-state index >= 15 is 0 Å². The van der Waals surface area contributed by atoms with Crippen LogP contribution < -0.4 is 66.3 Å². The van der Waals surface area contributed by atoms with E-state index < -0.39 is 5.91 Å². The van der Waals surface area contributed by atoms with Gasteiger partial charge >= 0.3 is 0 Å². The van der Waals surface area contributed by atoms with Crippen molar-refractivity contribution in [2.24, 2.45) is 81.7 Å². The van der Waals surface area contributed by atoms with E-state index in [2.05, 4.69) is 95.0 Å². The van der Waals surface area contributed by atoms with Crippen molar-refractivity contribution in [2.75, 3.05) is 101 Å². The third kappa shape index (κ3) is 33.5. The highest BCUT2D eigenvalue weighted by Gasteiger charge is 2.41. The summed E-state index contributed by atoms with van der Waals surface area (Å²) in [5.74, 6) is 10.3. The fourth-order valence-corrected chi connectivity index (χ4v) is 22.6. The van der Waals surface area contributed by atoms with Crippen molar-refractivity contribution in [1.29, 1.82) is 0 Å². The number of carbonyl (C=O) groups excluding carboxylic acids is 2. The number of hydrogen-bond donors (Lipinski definition) is 14. The van der Waals surface area contributed by atoms with Crippen LogP contribution in [0.25, 0.3) is 22.8 Å². The monoisotopic (exact) mass is 1930 g/mol. The average molecular weight is 1930 g/mol. The van der Waals surface area contributed by atoms with E-state index in [1.165, 1.54) is 64.0 Å². The summed E-state index contributed by atoms with van der Waals surface area (Å²) >= 11 is 0. The molecule has 11 aliphatic rings. The molecule has 139 heavy (non-hydrogen) atoms. The third-order valence-electron chi connectivity index (χ3n) is 31.7. The second-order valence-corrected chi connectivity index (χ2v) is 42.1. The van der Waals surface area contributed by atoms with E-state index in [1.54, 1.807) is 40.3 Å². The second kappa shape index (κ2) is 55.0. The van der Waals surface area contributed by atoms with Gasteiger partial charge in [0.15, 0.2) is 5.79 Å². The standard InChI is InChI=1S/C22H34N4O3.C22H36N4O.C21H34N6O3.C21H34N4O2.C20H33N5O/c1-15(23)19-14-24-21(25-17-3-5-18(27-2)6-4-17)26-20(19)13-16-7-9-22(10-8-16)28-11-12-29-22;1-15(18-6-4-3-5-7-18)12-21-24-13-20(16(2)23)22(26-21)25-19-10-8-17(14-27)9-11-19;1-27(2)20(29)13-4-6-14(7-5-13)24-19-17(18(22)28)12-23-21(26-19)25-15-8-10-16(30-3)11-9-15;1-14(22)19-12-23-20(11-15-5-9-18(27-2)10-6-15)25-21(19)24-17-7-3-16(13-26)4-8-17;1-13(21)18-12-23-19(11-14-3-9-17(26-2)10-4-14)25-20(18)24-16-7-5-15(22)6-8-16/h14,16-18H,1,3-13,23H2,2H3,(H,24,25,26);13,15,17-19,27H,2-12,14,23H2,1H3,(H,24,25,26);12-16H,4-11H2,1-3H3,(H2,22,28)(H2,23,24,25,26);12,15-18,26H,1,3-11,13,22H2,2H3,(H,23,24,25);12,14-17H,1,3-11,21-22H2,2H3,(H,23,24,25)/t;15-,17?,19?;;;/m.1.../s1. The number of methoxy groups -OCH3 is 4. The maximum atomic E-state index is 12.2. The Morgan fingerprint density at radius 3 is 1.12 bits per heavy atom. The van der Waals surface area contributed by atoms with E-state index in [1.807, 2.05) is 31.9 Å². The van der Waals surface area contributed by atoms with Crippen molar-refractivity contribution in [1.82, 2.24) is 54.7 Å². The molecule has 10 saturated carbocycles. The van der Waals surface area contributed by atoms with Crippen LogP contribution in [0.5, 0.6) is 0 Å². The number of hydrogen-bond acceptors (Lipinski definition) is 31. The van der Waals surface area contributed by atoms with Crippen molar-refractivity contribution in [3.63, 3.8) is 0 Å². The summed E-state index contributed by atoms with van der Waals surface area (Å²) < 4.78 is 33.6. The van der Waals surface area contributed by atoms with E-state index in [0.29, 0.717) is 144 Å². The fourth-order valence-electron chi connectivity index (χ4n) is 22.6. The Balaban J connectivity index is 0.000000156. The molecular weight excluding hydrogens is 1760 g/mol. The van der Waals surface area contributed by atoms with Gasteiger partial charge < -0.3 is 110 Å². The predicted octanol–water partition coefficient (Wildman–Crippen LogP) is 15.3. The molecule has 0 radical (unpaired) electrons. The molecule has 1 saturated heterocycles. The lowest BCUT2D eigenvalue weighted by molar-refractivity contribution is -0.182. The molecule has 20 N–H and O–H groups in total. The molecule has 1 atom stereocenters. The van der Waals surface area contributed by atoms with Crippen molar-refractivity contribution in [3.05, 3.63) is 108 Å². The highest BCUT2D eigenvalue weighted by molar-refractivity contribution is 5.97. The number of primary amides is 1. The van der Waals surface area contributed by atoms with Crippen LogP contribution in [-0.2, 0) is 58.9 Å². The van der Waals surface area contributed by atoms with E-state index in [9.17, 15) is 19.8 Å². The first kappa shape index (κ1) is 109. The Morgan fingerprint density at radius 1 is 0.403 bits per heavy atom. The number of aromatic nitrogens is 10. The molecule has 5 aromatic rings. The number of nitrogens with two attached hydrogens (primary N) is 6. The summed E-state index contributed by atoms with van der Waals surface area (Å²) in [5.41, 5.74) is 42.1. The lowest BCUT2D eigenvalue weighted by atomic mass is 9.79. The summed E-state index contributed by atoms with van der Waals surface area (Å²) in [5, 5.41) is 39.7. The summed E-state index contributed by atoms with van der Waals surface area (Å²) in [6, 6.07) is 2.31. The number of rotatable bonds is 33. The zero-order valence-electron chi connectivity index (χ0n) is 84.9. The number of nitrogens with zero attached hydrogens (tertiary/aromatic N) is 11. The highest BCUT2D eigenvalue weighted by atomic mass is 16.7. The van der Waals surface area contributed by atoms with E-state index in [-0.39, 0.29) is 35.3 Å². The molecule has 2 amide bonds. The number of carbonyl (C=O) groups is 2. The summed E-state index contributed by atoms with van der Waals surface area (Å²) in [6.45, 7) is 19.9. The lowest BCUT2D eigenvalue weighted by Gasteiger charge is -2.35. The van der Waals surface area contributed by atoms with Crippen molar-refractivity contribution in [3.8, 4) is 0 Å². The van der Waals surface area contributed by atoms with Crippen LogP contribution in [0.1, 0.15) is 326 Å². The van der Waals surface area contributed by atoms with Crippen molar-refractivity contribution >= 4 is 69.8 Å². The van der Waals surface area contributed by atoms with Gasteiger partial charge in [0.1, 0.15) is 40.7 Å². The molecule has 6 heterocycles. The lowest BCUT2D eigenvalue weighted by Crippen LogP contribution is -2.35. The van der Waals surface area contributed by atoms with E-state index in [4.69, 9.17) is 82.8 Å². The summed E-state index contributed by atoms with van der Waals surface area (Å²) in [6.07, 6.45) is 58.3. The van der Waals surface area contributed by atoms with Gasteiger partial charge in [0, 0.05) is 195 Å². The zero-order valence-corrected chi connectivity index (χ0v) is 84.9. The Hall–Kier alpha value is -9.06. The first-order chi connectivity index (χ1) is 67.1. The molecule has 11 fully saturated rings. The summed E-state index contributed by atoms with van der Waals surface area (Å²) in [4.78, 5) is 72.1. The number of ether oxygens (including phenoxy) is 6. The van der Waals surface area contributed by atoms with Gasteiger partial charge in [-0.05, 0) is 266 Å². The molecule has 770 valence electrons. The Bertz CT molecular complexity index is 4620. The fraction of sp³-hybridized carbons (Fsp3) is 0.717. The Labute approximate surface area is 827 Å². The first-order valence-electron chi connectivity index (χ1n) is 52.7. The Morgan fingerprint density at radius 2 is 0.734 bits per heavy atom. The van der Waals surface area contributed by atoms with Gasteiger partial charge in [-0.15, -0.1) is 0 Å². The smallest absolute Gasteiger partial charge is 0.254 e. The summed E-state index contributed by atoms with van der Waals surface area (Å²) in [7, 11) is 10.8. The number of anilines is 6. The molecular formula is C106H171N23O10. The molecule has 10 aliphatic carbocycles. The predicted molar refractivity (Wildman–Crippen MR) is 552 cm³/mol. The van der Waals surface area contributed by atoms with Gasteiger partial charge in [-0.3, -0.25) is 9.59 Å². The molecule has 5 aromatic heterocycles. The van der Waals surface area contributed by atoms with Crippen molar-refractivity contribution < 1.29 is 48.2 Å². The molecule has 0 aromatic carbocycles. The van der Waals surface area contributed by atoms with Crippen LogP contribution in [0.15, 0.2) is 57.3 Å². The van der Waals surface area contributed by atoms with Crippen LogP contribution in [0.3, 0.4) is 0 Å². The molecule has 1 aliphatic heterocycles. The second-order valence-electron chi connectivity index (χ2n) is 42.1. The molecule has 16 rings (SSSR count). The highest BCUT2D eigenvalue weighted by Crippen LogP contribution is 2.42. The minimum Gasteiger partial charge on any atom is -0.399 e. The van der Waals surface area contributed by atoms with Crippen LogP contribution in [0.4, 0.5) is 35.2 Å². The number of nitrogens with one attached hydrogen (secondary N) is 6. The third-order valence-corrected chi connectivity index (χ3v) is 31.7. The zero-order chi connectivity index (χ0) is 98.9. The van der Waals surface area contributed by atoms with Gasteiger partial charge in [0.25, 0.3) is 5.91 Å². The Kier molecular flexibility index (Phi) is 43.0. The molecule has 0 bridgehead atoms. The molecule has 33 nitrogen and oxygen atoms in total. The van der Waals surface area contributed by atoms with Crippen molar-refractivity contribution in [2.45, 2.75) is 368 Å². The molecule has 33 heteroatoms. The topological polar surface area (TPSA) is 490 Å².